The fraction of sp³-hybridized carbons (Fsp3) is 1.00. The molecule has 0 spiro atoms. The lowest BCUT2D eigenvalue weighted by molar-refractivity contribution is 0.336. The molecule has 2 heteroatoms. The number of hydrogen-bond donors (Lipinski definition) is 2. The van der Waals surface area contributed by atoms with Gasteiger partial charge in [0.05, 0.1) is 0 Å². The summed E-state index contributed by atoms with van der Waals surface area (Å²) in [4.78, 5) is 0. The van der Waals surface area contributed by atoms with Gasteiger partial charge in [-0.1, -0.05) is 26.7 Å². The van der Waals surface area contributed by atoms with Gasteiger partial charge < -0.3 is 11.5 Å². The first kappa shape index (κ1) is 11.9. The fourth-order valence-electron chi connectivity index (χ4n) is 1.46. The van der Waals surface area contributed by atoms with Crippen LogP contribution in [0.5, 0.6) is 0 Å². The minimum absolute atomic E-state index is 0.0649. The van der Waals surface area contributed by atoms with Gasteiger partial charge in [0, 0.05) is 5.54 Å². The number of hydrogen-bond acceptors (Lipinski definition) is 2. The summed E-state index contributed by atoms with van der Waals surface area (Å²) in [5.74, 6) is 0. The first-order valence-corrected chi connectivity index (χ1v) is 5.17. The topological polar surface area (TPSA) is 52.0 Å². The molecule has 0 aliphatic heterocycles. The third-order valence-electron chi connectivity index (χ3n) is 2.61. The van der Waals surface area contributed by atoms with Gasteiger partial charge in [-0.3, -0.25) is 0 Å². The van der Waals surface area contributed by atoms with Crippen molar-refractivity contribution in [3.05, 3.63) is 0 Å². The van der Waals surface area contributed by atoms with Gasteiger partial charge >= 0.3 is 0 Å². The number of rotatable bonds is 7. The van der Waals surface area contributed by atoms with Gasteiger partial charge in [0.1, 0.15) is 0 Å². The number of nitrogens with two attached hydrogens (primary N) is 2. The minimum atomic E-state index is 0.0649. The van der Waals surface area contributed by atoms with E-state index in [4.69, 9.17) is 11.5 Å². The van der Waals surface area contributed by atoms with Crippen LogP contribution in [0, 0.1) is 0 Å². The molecule has 0 aliphatic carbocycles. The van der Waals surface area contributed by atoms with Crippen molar-refractivity contribution in [1.82, 2.24) is 0 Å². The summed E-state index contributed by atoms with van der Waals surface area (Å²) in [6.07, 6.45) is 6.86. The highest BCUT2D eigenvalue weighted by molar-refractivity contribution is 4.82. The van der Waals surface area contributed by atoms with Crippen LogP contribution in [0.1, 0.15) is 52.4 Å². The Morgan fingerprint density at radius 3 is 2.08 bits per heavy atom. The van der Waals surface area contributed by atoms with E-state index in [0.29, 0.717) is 0 Å². The van der Waals surface area contributed by atoms with Gasteiger partial charge in [-0.25, -0.2) is 0 Å². The monoisotopic (exact) mass is 172 g/mol. The van der Waals surface area contributed by atoms with Crippen molar-refractivity contribution in [1.29, 1.82) is 0 Å². The summed E-state index contributed by atoms with van der Waals surface area (Å²) >= 11 is 0. The summed E-state index contributed by atoms with van der Waals surface area (Å²) in [6, 6.07) is 0. The summed E-state index contributed by atoms with van der Waals surface area (Å²) in [7, 11) is 0. The molecule has 0 amide bonds. The highest BCUT2D eigenvalue weighted by Gasteiger charge is 2.20. The van der Waals surface area contributed by atoms with Gasteiger partial charge in [0.2, 0.25) is 0 Å². The summed E-state index contributed by atoms with van der Waals surface area (Å²) in [5.41, 5.74) is 11.7. The highest BCUT2D eigenvalue weighted by Crippen LogP contribution is 2.20. The van der Waals surface area contributed by atoms with Crippen molar-refractivity contribution in [2.75, 3.05) is 6.54 Å². The van der Waals surface area contributed by atoms with E-state index in [9.17, 15) is 0 Å². The van der Waals surface area contributed by atoms with Crippen LogP contribution in [-0.4, -0.2) is 12.1 Å². The third-order valence-corrected chi connectivity index (χ3v) is 2.61. The molecule has 0 saturated heterocycles. The largest absolute Gasteiger partial charge is 0.330 e. The van der Waals surface area contributed by atoms with Gasteiger partial charge in [-0.2, -0.15) is 0 Å². The zero-order chi connectivity index (χ0) is 9.45. The maximum atomic E-state index is 6.21. The van der Waals surface area contributed by atoms with Gasteiger partial charge in [-0.15, -0.1) is 0 Å². The van der Waals surface area contributed by atoms with Crippen LogP contribution in [0.4, 0.5) is 0 Å². The fourth-order valence-corrected chi connectivity index (χ4v) is 1.46. The highest BCUT2D eigenvalue weighted by atomic mass is 14.7. The summed E-state index contributed by atoms with van der Waals surface area (Å²) < 4.78 is 0. The Labute approximate surface area is 76.7 Å². The summed E-state index contributed by atoms with van der Waals surface area (Å²) in [6.45, 7) is 5.15. The van der Waals surface area contributed by atoms with Crippen LogP contribution < -0.4 is 11.5 Å². The van der Waals surface area contributed by atoms with E-state index >= 15 is 0 Å². The first-order chi connectivity index (χ1) is 5.68. The molecule has 1 atom stereocenters. The second kappa shape index (κ2) is 6.44. The Hall–Kier alpha value is -0.0800. The first-order valence-electron chi connectivity index (χ1n) is 5.17. The van der Waals surface area contributed by atoms with Gasteiger partial charge in [0.25, 0.3) is 0 Å². The van der Waals surface area contributed by atoms with Crippen LogP contribution in [0.3, 0.4) is 0 Å². The lowest BCUT2D eigenvalue weighted by atomic mass is 9.86. The van der Waals surface area contributed by atoms with E-state index in [-0.39, 0.29) is 5.54 Å². The van der Waals surface area contributed by atoms with E-state index in [1.54, 1.807) is 0 Å². The number of unbranched alkanes of at least 4 members (excludes halogenated alkanes) is 1. The predicted molar refractivity (Wildman–Crippen MR) is 55.0 cm³/mol. The molecular formula is C10H24N2. The minimum Gasteiger partial charge on any atom is -0.330 e. The molecule has 0 heterocycles. The Balaban J connectivity index is 3.70. The van der Waals surface area contributed by atoms with Crippen LogP contribution >= 0.6 is 0 Å². The second-order valence-corrected chi connectivity index (χ2v) is 3.71. The van der Waals surface area contributed by atoms with Crippen molar-refractivity contribution in [2.45, 2.75) is 57.9 Å². The van der Waals surface area contributed by atoms with Gasteiger partial charge in [0.15, 0.2) is 0 Å². The zero-order valence-corrected chi connectivity index (χ0v) is 8.60. The van der Waals surface area contributed by atoms with Crippen molar-refractivity contribution < 1.29 is 0 Å². The van der Waals surface area contributed by atoms with Crippen molar-refractivity contribution >= 4 is 0 Å². The summed E-state index contributed by atoms with van der Waals surface area (Å²) in [5, 5.41) is 0. The smallest absolute Gasteiger partial charge is 0.0152 e. The molecule has 1 unspecified atom stereocenters. The normalized spacial score (nSPS) is 16.0. The SMILES string of the molecule is CCCCC(N)(CC)CCCN. The zero-order valence-electron chi connectivity index (χ0n) is 8.60. The lowest BCUT2D eigenvalue weighted by Crippen LogP contribution is -2.39. The maximum Gasteiger partial charge on any atom is 0.0152 e. The predicted octanol–water partition coefficient (Wildman–Crippen LogP) is 2.02. The Morgan fingerprint density at radius 1 is 1.08 bits per heavy atom. The molecule has 0 saturated carbocycles. The van der Waals surface area contributed by atoms with E-state index in [1.807, 2.05) is 0 Å². The maximum absolute atomic E-state index is 6.21. The Kier molecular flexibility index (Phi) is 6.39. The quantitative estimate of drug-likeness (QED) is 0.617. The molecule has 0 aromatic heterocycles. The molecule has 0 aliphatic rings. The third kappa shape index (κ3) is 4.73. The van der Waals surface area contributed by atoms with Crippen molar-refractivity contribution in [3.8, 4) is 0 Å². The molecule has 0 fully saturated rings. The van der Waals surface area contributed by atoms with Crippen LogP contribution in [0.15, 0.2) is 0 Å². The van der Waals surface area contributed by atoms with Crippen molar-refractivity contribution in [2.24, 2.45) is 11.5 Å². The van der Waals surface area contributed by atoms with E-state index in [0.717, 1.165) is 32.2 Å². The van der Waals surface area contributed by atoms with Crippen molar-refractivity contribution in [3.63, 3.8) is 0 Å². The second-order valence-electron chi connectivity index (χ2n) is 3.71. The van der Waals surface area contributed by atoms with Crippen LogP contribution in [0.25, 0.3) is 0 Å². The molecule has 2 nitrogen and oxygen atoms in total. The van der Waals surface area contributed by atoms with E-state index in [1.165, 1.54) is 12.8 Å². The Bertz CT molecular complexity index is 94.0. The molecule has 0 bridgehead atoms. The lowest BCUT2D eigenvalue weighted by Gasteiger charge is -2.27. The molecule has 4 N–H and O–H groups in total. The Morgan fingerprint density at radius 2 is 1.67 bits per heavy atom. The molecule has 0 aromatic carbocycles. The van der Waals surface area contributed by atoms with E-state index < -0.39 is 0 Å². The molecular weight excluding hydrogens is 148 g/mol. The molecule has 0 radical (unpaired) electrons. The molecule has 0 aromatic rings. The van der Waals surface area contributed by atoms with Crippen LogP contribution in [-0.2, 0) is 0 Å². The molecule has 0 rings (SSSR count). The average Bonchev–Trinajstić information content (AvgIpc) is 2.11. The van der Waals surface area contributed by atoms with E-state index in [2.05, 4.69) is 13.8 Å². The average molecular weight is 172 g/mol. The standard InChI is InChI=1S/C10H24N2/c1-3-5-7-10(12,4-2)8-6-9-11/h3-9,11-12H2,1-2H3. The van der Waals surface area contributed by atoms with Crippen LogP contribution in [0.2, 0.25) is 0 Å². The molecule has 74 valence electrons. The molecule has 12 heavy (non-hydrogen) atoms. The van der Waals surface area contributed by atoms with Gasteiger partial charge in [-0.05, 0) is 32.2 Å².